The van der Waals surface area contributed by atoms with Crippen LogP contribution in [0.5, 0.6) is 0 Å². The Morgan fingerprint density at radius 1 is 1.28 bits per heavy atom. The molecule has 7 nitrogen and oxygen atoms in total. The lowest BCUT2D eigenvalue weighted by Gasteiger charge is -2.06. The van der Waals surface area contributed by atoms with Crippen LogP contribution in [0.1, 0.15) is 19.4 Å². The molecule has 1 aromatic carbocycles. The second-order valence-electron chi connectivity index (χ2n) is 3.43. The minimum atomic E-state index is -0.604. The van der Waals surface area contributed by atoms with Gasteiger partial charge in [0.1, 0.15) is 0 Å². The van der Waals surface area contributed by atoms with E-state index in [1.165, 1.54) is 32.0 Å². The molecule has 0 bridgehead atoms. The Morgan fingerprint density at radius 2 is 1.89 bits per heavy atom. The lowest BCUT2D eigenvalue weighted by molar-refractivity contribution is -0.385. The van der Waals surface area contributed by atoms with Gasteiger partial charge in [-0.3, -0.25) is 19.7 Å². The van der Waals surface area contributed by atoms with Gasteiger partial charge in [0.25, 0.3) is 5.69 Å². The highest BCUT2D eigenvalue weighted by Crippen LogP contribution is 2.17. The van der Waals surface area contributed by atoms with E-state index < -0.39 is 16.7 Å². The number of hydrogen-bond donors (Lipinski definition) is 1. The standard InChI is InChI=1S/C11H11N3O4/c1-7(15)12-11(13-8(2)16)9-5-3-4-6-10(9)14(17)18/h3-6H,1-2H3,(H,12,13,15,16). The summed E-state index contributed by atoms with van der Waals surface area (Å²) in [5, 5.41) is 13.2. The molecule has 0 saturated heterocycles. The Balaban J connectivity index is 3.33. The van der Waals surface area contributed by atoms with Crippen LogP contribution in [-0.4, -0.2) is 22.6 Å². The van der Waals surface area contributed by atoms with Crippen LogP contribution in [-0.2, 0) is 9.59 Å². The summed E-state index contributed by atoms with van der Waals surface area (Å²) in [4.78, 5) is 35.8. The predicted octanol–water partition coefficient (Wildman–Crippen LogP) is 1.02. The third kappa shape index (κ3) is 3.48. The molecule has 0 aliphatic rings. The zero-order chi connectivity index (χ0) is 13.7. The second kappa shape index (κ2) is 5.67. The number of rotatable bonds is 2. The van der Waals surface area contributed by atoms with E-state index in [1.54, 1.807) is 6.07 Å². The maximum absolute atomic E-state index is 11.0. The van der Waals surface area contributed by atoms with Gasteiger partial charge < -0.3 is 5.32 Å². The number of nitrogens with zero attached hydrogens (tertiary/aromatic N) is 2. The van der Waals surface area contributed by atoms with Gasteiger partial charge in [0.05, 0.1) is 10.5 Å². The zero-order valence-corrected chi connectivity index (χ0v) is 9.84. The van der Waals surface area contributed by atoms with Gasteiger partial charge in [-0.05, 0) is 6.07 Å². The van der Waals surface area contributed by atoms with Crippen molar-refractivity contribution in [2.75, 3.05) is 0 Å². The fraction of sp³-hybridized carbons (Fsp3) is 0.182. The molecule has 0 heterocycles. The number of nitro groups is 1. The third-order valence-corrected chi connectivity index (χ3v) is 1.92. The van der Waals surface area contributed by atoms with Crippen molar-refractivity contribution in [1.82, 2.24) is 5.32 Å². The molecule has 0 fully saturated rings. The lowest BCUT2D eigenvalue weighted by atomic mass is 10.1. The normalized spacial score (nSPS) is 10.9. The van der Waals surface area contributed by atoms with Crippen molar-refractivity contribution < 1.29 is 14.5 Å². The summed E-state index contributed by atoms with van der Waals surface area (Å²) in [6.45, 7) is 2.42. The summed E-state index contributed by atoms with van der Waals surface area (Å²) < 4.78 is 0. The summed E-state index contributed by atoms with van der Waals surface area (Å²) >= 11 is 0. The van der Waals surface area contributed by atoms with Crippen LogP contribution in [0.25, 0.3) is 0 Å². The van der Waals surface area contributed by atoms with E-state index in [0.29, 0.717) is 0 Å². The largest absolute Gasteiger partial charge is 0.310 e. The van der Waals surface area contributed by atoms with Crippen LogP contribution in [0, 0.1) is 10.1 Å². The molecule has 0 aliphatic heterocycles. The van der Waals surface area contributed by atoms with Crippen LogP contribution in [0.15, 0.2) is 29.3 Å². The monoisotopic (exact) mass is 249 g/mol. The fourth-order valence-electron chi connectivity index (χ4n) is 1.31. The van der Waals surface area contributed by atoms with Crippen LogP contribution in [0.2, 0.25) is 0 Å². The van der Waals surface area contributed by atoms with E-state index in [2.05, 4.69) is 10.3 Å². The maximum Gasteiger partial charge on any atom is 0.280 e. The Bertz CT molecular complexity index is 537. The van der Waals surface area contributed by atoms with Crippen molar-refractivity contribution in [3.8, 4) is 0 Å². The Labute approximate surface area is 103 Å². The van der Waals surface area contributed by atoms with Crippen molar-refractivity contribution in [3.63, 3.8) is 0 Å². The number of nitro benzene ring substituents is 1. The summed E-state index contributed by atoms with van der Waals surface area (Å²) in [6, 6.07) is 5.73. The Hall–Kier alpha value is -2.57. The average molecular weight is 249 g/mol. The number of benzene rings is 1. The molecule has 0 saturated carbocycles. The first-order valence-electron chi connectivity index (χ1n) is 5.02. The van der Waals surface area contributed by atoms with Crippen molar-refractivity contribution in [2.45, 2.75) is 13.8 Å². The molecule has 1 rings (SSSR count). The highest BCUT2D eigenvalue weighted by atomic mass is 16.6. The number of nitrogens with one attached hydrogen (secondary N) is 1. The van der Waals surface area contributed by atoms with Crippen LogP contribution in [0.4, 0.5) is 5.69 Å². The minimum absolute atomic E-state index is 0.0906. The first-order valence-corrected chi connectivity index (χ1v) is 5.02. The summed E-state index contributed by atoms with van der Waals surface area (Å²) in [5.74, 6) is -1.15. The smallest absolute Gasteiger partial charge is 0.280 e. The number of amides is 2. The van der Waals surface area contributed by atoms with Gasteiger partial charge in [0.15, 0.2) is 5.84 Å². The molecular formula is C11H11N3O4. The number of carbonyl (C=O) groups is 2. The molecule has 1 N–H and O–H groups in total. The Morgan fingerprint density at radius 3 is 2.39 bits per heavy atom. The maximum atomic E-state index is 11.0. The van der Waals surface area contributed by atoms with Gasteiger partial charge in [-0.25, -0.2) is 0 Å². The third-order valence-electron chi connectivity index (χ3n) is 1.92. The second-order valence-corrected chi connectivity index (χ2v) is 3.43. The molecule has 0 aliphatic carbocycles. The van der Waals surface area contributed by atoms with E-state index in [0.717, 1.165) is 0 Å². The highest BCUT2D eigenvalue weighted by Gasteiger charge is 2.18. The van der Waals surface area contributed by atoms with Gasteiger partial charge in [0, 0.05) is 19.9 Å². The number of hydrogen-bond acceptors (Lipinski definition) is 4. The molecule has 0 aromatic heterocycles. The lowest BCUT2D eigenvalue weighted by Crippen LogP contribution is -2.30. The first kappa shape index (κ1) is 13.5. The molecule has 18 heavy (non-hydrogen) atoms. The fourth-order valence-corrected chi connectivity index (χ4v) is 1.31. The van der Waals surface area contributed by atoms with Gasteiger partial charge >= 0.3 is 0 Å². The van der Waals surface area contributed by atoms with E-state index in [1.807, 2.05) is 0 Å². The number of aliphatic imine (C=N–C) groups is 1. The van der Waals surface area contributed by atoms with Gasteiger partial charge in [-0.1, -0.05) is 12.1 Å². The number of carbonyl (C=O) groups excluding carboxylic acids is 2. The highest BCUT2D eigenvalue weighted by molar-refractivity contribution is 6.13. The van der Waals surface area contributed by atoms with Gasteiger partial charge in [-0.15, -0.1) is 0 Å². The summed E-state index contributed by atoms with van der Waals surface area (Å²) in [5.41, 5.74) is -0.140. The van der Waals surface area contributed by atoms with Crippen molar-refractivity contribution >= 4 is 23.3 Å². The van der Waals surface area contributed by atoms with Crippen molar-refractivity contribution in [3.05, 3.63) is 39.9 Å². The van der Waals surface area contributed by atoms with Crippen LogP contribution < -0.4 is 5.32 Å². The predicted molar refractivity (Wildman–Crippen MR) is 64.1 cm³/mol. The SMILES string of the molecule is CC(=O)N=C(NC(C)=O)c1ccccc1[N+](=O)[O-]. The molecule has 0 unspecified atom stereocenters. The van der Waals surface area contributed by atoms with E-state index in [9.17, 15) is 19.7 Å². The molecule has 2 amide bonds. The number of amidine groups is 1. The van der Waals surface area contributed by atoms with E-state index in [-0.39, 0.29) is 17.1 Å². The molecular weight excluding hydrogens is 238 g/mol. The molecule has 0 radical (unpaired) electrons. The van der Waals surface area contributed by atoms with E-state index in [4.69, 9.17) is 0 Å². The summed E-state index contributed by atoms with van der Waals surface area (Å²) in [7, 11) is 0. The van der Waals surface area contributed by atoms with Crippen LogP contribution in [0.3, 0.4) is 0 Å². The first-order chi connectivity index (χ1) is 8.41. The molecule has 0 atom stereocenters. The quantitative estimate of drug-likeness (QED) is 0.366. The molecule has 94 valence electrons. The Kier molecular flexibility index (Phi) is 4.25. The zero-order valence-electron chi connectivity index (χ0n) is 9.84. The van der Waals surface area contributed by atoms with E-state index >= 15 is 0 Å². The number of para-hydroxylation sites is 1. The van der Waals surface area contributed by atoms with Crippen LogP contribution >= 0.6 is 0 Å². The van der Waals surface area contributed by atoms with Crippen molar-refractivity contribution in [2.24, 2.45) is 4.99 Å². The minimum Gasteiger partial charge on any atom is -0.310 e. The topological polar surface area (TPSA) is 102 Å². The molecule has 1 aromatic rings. The summed E-state index contributed by atoms with van der Waals surface area (Å²) in [6.07, 6.45) is 0. The molecule has 7 heteroatoms. The van der Waals surface area contributed by atoms with Gasteiger partial charge in [-0.2, -0.15) is 4.99 Å². The van der Waals surface area contributed by atoms with Gasteiger partial charge in [0.2, 0.25) is 11.8 Å². The van der Waals surface area contributed by atoms with Crippen molar-refractivity contribution in [1.29, 1.82) is 0 Å². The molecule has 0 spiro atoms. The average Bonchev–Trinajstić information content (AvgIpc) is 2.26.